The highest BCUT2D eigenvalue weighted by molar-refractivity contribution is 5.88. The smallest absolute Gasteiger partial charge is 0.338 e. The van der Waals surface area contributed by atoms with Crippen LogP contribution in [0.3, 0.4) is 0 Å². The first-order valence-electron chi connectivity index (χ1n) is 6.12. The van der Waals surface area contributed by atoms with Crippen molar-refractivity contribution >= 4 is 5.97 Å². The van der Waals surface area contributed by atoms with Crippen LogP contribution in [0.5, 0.6) is 0 Å². The molecule has 0 aromatic heterocycles. The zero-order valence-electron chi connectivity index (χ0n) is 10.4. The average Bonchev–Trinajstić information content (AvgIpc) is 2.29. The van der Waals surface area contributed by atoms with E-state index in [0.29, 0.717) is 5.92 Å². The second-order valence-electron chi connectivity index (χ2n) is 4.32. The molecule has 3 heteroatoms. The fourth-order valence-electron chi connectivity index (χ4n) is 2.14. The number of benzene rings is 1. The van der Waals surface area contributed by atoms with Crippen LogP contribution in [0.15, 0.2) is 18.2 Å². The predicted octanol–water partition coefficient (Wildman–Crippen LogP) is 4.21. The molecule has 1 N–H and O–H groups in total. The van der Waals surface area contributed by atoms with E-state index in [-0.39, 0.29) is 5.56 Å². The molecule has 1 aromatic rings. The summed E-state index contributed by atoms with van der Waals surface area (Å²) in [4.78, 5) is 10.9. The first-order valence-corrected chi connectivity index (χ1v) is 6.12. The molecule has 0 unspecified atom stereocenters. The van der Waals surface area contributed by atoms with Gasteiger partial charge in [-0.3, -0.25) is 0 Å². The molecule has 0 radical (unpaired) electrons. The summed E-state index contributed by atoms with van der Waals surface area (Å²) in [7, 11) is 0. The quantitative estimate of drug-likeness (QED) is 0.806. The van der Waals surface area contributed by atoms with E-state index >= 15 is 0 Å². The van der Waals surface area contributed by atoms with Crippen LogP contribution >= 0.6 is 0 Å². The van der Waals surface area contributed by atoms with Crippen molar-refractivity contribution in [1.29, 1.82) is 0 Å². The normalized spacial score (nSPS) is 10.8. The topological polar surface area (TPSA) is 37.3 Å². The molecule has 0 spiro atoms. The van der Waals surface area contributed by atoms with Crippen molar-refractivity contribution in [3.8, 4) is 0 Å². The number of carbonyl (C=O) groups is 1. The highest BCUT2D eigenvalue weighted by atomic mass is 19.1. The van der Waals surface area contributed by atoms with E-state index in [2.05, 4.69) is 13.8 Å². The zero-order chi connectivity index (χ0) is 12.8. The van der Waals surface area contributed by atoms with Crippen LogP contribution in [0, 0.1) is 5.82 Å². The van der Waals surface area contributed by atoms with E-state index in [9.17, 15) is 9.18 Å². The van der Waals surface area contributed by atoms with Crippen molar-refractivity contribution < 1.29 is 14.3 Å². The molecule has 0 amide bonds. The summed E-state index contributed by atoms with van der Waals surface area (Å²) >= 11 is 0. The summed E-state index contributed by atoms with van der Waals surface area (Å²) in [5.41, 5.74) is 0.715. The van der Waals surface area contributed by atoms with Gasteiger partial charge in [0, 0.05) is 0 Å². The standard InChI is InChI=1S/C14H19FO2/c1-3-5-10(6-4-2)11-7-8-13(15)12(9-11)14(16)17/h7-10H,3-6H2,1-2H3,(H,16,17). The van der Waals surface area contributed by atoms with Crippen molar-refractivity contribution in [3.05, 3.63) is 35.1 Å². The number of rotatable bonds is 6. The lowest BCUT2D eigenvalue weighted by Crippen LogP contribution is -2.05. The molecule has 0 aliphatic heterocycles. The van der Waals surface area contributed by atoms with Gasteiger partial charge in [0.2, 0.25) is 0 Å². The van der Waals surface area contributed by atoms with Crippen molar-refractivity contribution in [3.63, 3.8) is 0 Å². The molecular weight excluding hydrogens is 219 g/mol. The van der Waals surface area contributed by atoms with Gasteiger partial charge >= 0.3 is 5.97 Å². The van der Waals surface area contributed by atoms with Crippen molar-refractivity contribution in [2.45, 2.75) is 45.4 Å². The van der Waals surface area contributed by atoms with Crippen LogP contribution in [0.2, 0.25) is 0 Å². The Morgan fingerprint density at radius 2 is 1.88 bits per heavy atom. The van der Waals surface area contributed by atoms with Gasteiger partial charge in [0.25, 0.3) is 0 Å². The SMILES string of the molecule is CCCC(CCC)c1ccc(F)c(C(=O)O)c1. The number of carboxylic acid groups (broad SMARTS) is 1. The summed E-state index contributed by atoms with van der Waals surface area (Å²) in [5, 5.41) is 8.89. The maximum Gasteiger partial charge on any atom is 0.338 e. The van der Waals surface area contributed by atoms with E-state index in [4.69, 9.17) is 5.11 Å². The number of aromatic carboxylic acids is 1. The third-order valence-electron chi connectivity index (χ3n) is 2.97. The van der Waals surface area contributed by atoms with Crippen molar-refractivity contribution in [2.24, 2.45) is 0 Å². The van der Waals surface area contributed by atoms with E-state index in [1.165, 1.54) is 12.1 Å². The van der Waals surface area contributed by atoms with Crippen LogP contribution in [-0.2, 0) is 0 Å². The third kappa shape index (κ3) is 3.55. The maximum atomic E-state index is 13.3. The van der Waals surface area contributed by atoms with Crippen LogP contribution in [-0.4, -0.2) is 11.1 Å². The van der Waals surface area contributed by atoms with Gasteiger partial charge in [0.05, 0.1) is 5.56 Å². The molecule has 17 heavy (non-hydrogen) atoms. The Morgan fingerprint density at radius 3 is 2.35 bits per heavy atom. The molecular formula is C14H19FO2. The zero-order valence-corrected chi connectivity index (χ0v) is 10.4. The van der Waals surface area contributed by atoms with Gasteiger partial charge in [-0.1, -0.05) is 32.8 Å². The average molecular weight is 238 g/mol. The van der Waals surface area contributed by atoms with Gasteiger partial charge in [0.15, 0.2) is 0 Å². The van der Waals surface area contributed by atoms with Crippen LogP contribution in [0.4, 0.5) is 4.39 Å². The summed E-state index contributed by atoms with van der Waals surface area (Å²) in [6, 6.07) is 4.45. The summed E-state index contributed by atoms with van der Waals surface area (Å²) in [6.07, 6.45) is 4.12. The molecule has 1 rings (SSSR count). The van der Waals surface area contributed by atoms with E-state index < -0.39 is 11.8 Å². The first-order chi connectivity index (χ1) is 8.10. The second-order valence-corrected chi connectivity index (χ2v) is 4.32. The molecule has 0 saturated carbocycles. The minimum atomic E-state index is -1.20. The molecule has 0 bridgehead atoms. The Balaban J connectivity index is 3.03. The van der Waals surface area contributed by atoms with Crippen LogP contribution in [0.25, 0.3) is 0 Å². The number of halogens is 1. The highest BCUT2D eigenvalue weighted by Gasteiger charge is 2.15. The summed E-state index contributed by atoms with van der Waals surface area (Å²) < 4.78 is 13.3. The number of hydrogen-bond acceptors (Lipinski definition) is 1. The van der Waals surface area contributed by atoms with Crippen molar-refractivity contribution in [1.82, 2.24) is 0 Å². The predicted molar refractivity (Wildman–Crippen MR) is 65.9 cm³/mol. The van der Waals surface area contributed by atoms with Crippen molar-refractivity contribution in [2.75, 3.05) is 0 Å². The van der Waals surface area contributed by atoms with Crippen LogP contribution in [0.1, 0.15) is 61.4 Å². The lowest BCUT2D eigenvalue weighted by molar-refractivity contribution is 0.0691. The minimum absolute atomic E-state index is 0.222. The molecule has 0 heterocycles. The minimum Gasteiger partial charge on any atom is -0.478 e. The first kappa shape index (κ1) is 13.7. The van der Waals surface area contributed by atoms with Crippen LogP contribution < -0.4 is 0 Å². The van der Waals surface area contributed by atoms with E-state index in [1.54, 1.807) is 6.07 Å². The molecule has 2 nitrogen and oxygen atoms in total. The van der Waals surface area contributed by atoms with Gasteiger partial charge < -0.3 is 5.11 Å². The van der Waals surface area contributed by atoms with Gasteiger partial charge in [0.1, 0.15) is 5.82 Å². The Labute approximate surface area is 101 Å². The molecule has 0 aliphatic rings. The molecule has 0 atom stereocenters. The Morgan fingerprint density at radius 1 is 1.29 bits per heavy atom. The molecule has 1 aromatic carbocycles. The van der Waals surface area contributed by atoms with Gasteiger partial charge in [-0.15, -0.1) is 0 Å². The van der Waals surface area contributed by atoms with E-state index in [1.807, 2.05) is 0 Å². The Bertz CT molecular complexity index is 382. The summed E-state index contributed by atoms with van der Waals surface area (Å²) in [6.45, 7) is 4.20. The fourth-order valence-corrected chi connectivity index (χ4v) is 2.14. The molecule has 0 fully saturated rings. The monoisotopic (exact) mass is 238 g/mol. The number of carboxylic acids is 1. The third-order valence-corrected chi connectivity index (χ3v) is 2.97. The molecule has 94 valence electrons. The van der Waals surface area contributed by atoms with Gasteiger partial charge in [-0.25, -0.2) is 9.18 Å². The largest absolute Gasteiger partial charge is 0.478 e. The highest BCUT2D eigenvalue weighted by Crippen LogP contribution is 2.27. The van der Waals surface area contributed by atoms with Gasteiger partial charge in [-0.05, 0) is 36.5 Å². The lowest BCUT2D eigenvalue weighted by atomic mass is 9.89. The summed E-state index contributed by atoms with van der Waals surface area (Å²) in [5.74, 6) is -1.52. The molecule has 0 saturated heterocycles. The fraction of sp³-hybridized carbons (Fsp3) is 0.500. The lowest BCUT2D eigenvalue weighted by Gasteiger charge is -2.16. The number of hydrogen-bond donors (Lipinski definition) is 1. The Hall–Kier alpha value is -1.38. The molecule has 0 aliphatic carbocycles. The van der Waals surface area contributed by atoms with E-state index in [0.717, 1.165) is 31.2 Å². The second kappa shape index (κ2) is 6.38. The van der Waals surface area contributed by atoms with Gasteiger partial charge in [-0.2, -0.15) is 0 Å². The Kier molecular flexibility index (Phi) is 5.13. The maximum absolute atomic E-state index is 13.3.